The van der Waals surface area contributed by atoms with Crippen molar-refractivity contribution in [2.45, 2.75) is 119 Å². The number of benzene rings is 2. The summed E-state index contributed by atoms with van der Waals surface area (Å²) < 4.78 is 47.6. The number of sulfonamides is 1. The minimum absolute atomic E-state index is 0.0257. The molecule has 5 aliphatic rings. The number of ether oxygens (including phenoxy) is 3. The lowest BCUT2D eigenvalue weighted by Gasteiger charge is -2.30. The molecule has 2 aromatic heterocycles. The number of aromatic nitrogens is 3. The molecule has 3 N–H and O–H groups in total. The maximum absolute atomic E-state index is 14.8. The Balaban J connectivity index is 1.05. The average Bonchev–Trinajstić information content (AvgIpc) is 4.06. The molecule has 5 atom stereocenters. The van der Waals surface area contributed by atoms with Crippen LogP contribution in [0.4, 0.5) is 4.79 Å². The van der Waals surface area contributed by atoms with Gasteiger partial charge in [-0.3, -0.25) is 19.1 Å². The molecule has 4 amide bonds. The van der Waals surface area contributed by atoms with Gasteiger partial charge in [0.2, 0.25) is 27.7 Å². The summed E-state index contributed by atoms with van der Waals surface area (Å²) in [7, 11) is -2.32. The zero-order chi connectivity index (χ0) is 42.3. The molecule has 61 heavy (non-hydrogen) atoms. The Morgan fingerprint density at radius 3 is 2.48 bits per heavy atom. The molecule has 2 aliphatic heterocycles. The molecule has 4 fully saturated rings. The average molecular weight is 854 g/mol. The number of alkyl carbamates (subject to hydrolysis) is 1. The molecule has 4 aromatic rings. The number of hydrogen-bond acceptors (Lipinski definition) is 11. The number of amides is 4. The van der Waals surface area contributed by atoms with E-state index in [-0.39, 0.29) is 25.5 Å². The van der Waals surface area contributed by atoms with Gasteiger partial charge in [-0.25, -0.2) is 18.2 Å². The fourth-order valence-corrected chi connectivity index (χ4v) is 10.3. The normalized spacial score (nSPS) is 26.7. The fourth-order valence-electron chi connectivity index (χ4n) is 8.95. The highest BCUT2D eigenvalue weighted by Gasteiger charge is 2.62. The molecule has 0 spiro atoms. The Kier molecular flexibility index (Phi) is 11.1. The molecule has 0 bridgehead atoms. The zero-order valence-electron chi connectivity index (χ0n) is 34.1. The van der Waals surface area contributed by atoms with Crippen molar-refractivity contribution in [2.75, 3.05) is 13.7 Å². The van der Waals surface area contributed by atoms with E-state index in [1.165, 1.54) is 4.90 Å². The number of carbonyl (C=O) groups is 4. The second-order valence-corrected chi connectivity index (χ2v) is 18.9. The van der Waals surface area contributed by atoms with Crippen molar-refractivity contribution in [1.29, 1.82) is 0 Å². The first-order chi connectivity index (χ1) is 29.5. The first-order valence-corrected chi connectivity index (χ1v) is 23.0. The van der Waals surface area contributed by atoms with E-state index in [2.05, 4.69) is 15.4 Å². The van der Waals surface area contributed by atoms with Crippen LogP contribution in [0.1, 0.15) is 83.5 Å². The maximum atomic E-state index is 14.8. The van der Waals surface area contributed by atoms with Crippen molar-refractivity contribution in [3.8, 4) is 22.9 Å². The third-order valence-electron chi connectivity index (χ3n) is 12.6. The lowest BCUT2D eigenvalue weighted by atomic mass is 10.0. The first-order valence-electron chi connectivity index (χ1n) is 21.4. The van der Waals surface area contributed by atoms with E-state index < -0.39 is 68.7 Å². The van der Waals surface area contributed by atoms with Gasteiger partial charge in [0.15, 0.2) is 5.65 Å². The van der Waals surface area contributed by atoms with Gasteiger partial charge >= 0.3 is 6.09 Å². The minimum Gasteiger partial charge on any atom is -0.497 e. The van der Waals surface area contributed by atoms with Gasteiger partial charge in [0.1, 0.15) is 35.6 Å². The Labute approximate surface area is 353 Å². The molecule has 9 rings (SSSR count). The predicted molar refractivity (Wildman–Crippen MR) is 224 cm³/mol. The van der Waals surface area contributed by atoms with Crippen LogP contribution in [0.15, 0.2) is 66.7 Å². The number of fused-ring (bicyclic) bond motifs is 5. The monoisotopic (exact) mass is 853 g/mol. The summed E-state index contributed by atoms with van der Waals surface area (Å²) in [5, 5.41) is 10.7. The molecule has 4 heterocycles. The molecule has 322 valence electrons. The van der Waals surface area contributed by atoms with Gasteiger partial charge in [-0.05, 0) is 101 Å². The van der Waals surface area contributed by atoms with Gasteiger partial charge in [-0.15, -0.1) is 0 Å². The van der Waals surface area contributed by atoms with Gasteiger partial charge in [0, 0.05) is 29.4 Å². The number of allylic oxidation sites excluding steroid dienone is 1. The highest BCUT2D eigenvalue weighted by Crippen LogP contribution is 2.46. The molecule has 0 unspecified atom stereocenters. The number of hydrogen-bond donors (Lipinski definition) is 3. The number of carbonyl (C=O) groups excluding carboxylic acids is 4. The van der Waals surface area contributed by atoms with Crippen LogP contribution >= 0.6 is 0 Å². The van der Waals surface area contributed by atoms with E-state index in [1.54, 1.807) is 17.7 Å². The standard InChI is InChI=1S/C44H51N7O9S/c1-58-29-19-17-27(18-20-29)36-24-38(51-39(45-36)33-14-9-10-15-34(33)48-51)59-31-23-37-40(52)47-44(42(54)49-61(56,57)32-21-22-32)25-28(44)11-5-3-2-4-6-16-35(41(53)50(37)26-31)46-43(55)60-30-12-7-8-13-30/h5,9-11,14-15,17-20,24,28,30-32,35,37H,2-4,6-8,12-13,16,21-23,25-26H2,1H3,(H,46,55)(H,47,52)(H,49,54)/b11-5-/t28-,31-,35+,37+,44-/m1/s1. The Morgan fingerprint density at radius 2 is 1.70 bits per heavy atom. The van der Waals surface area contributed by atoms with Crippen LogP contribution in [0.2, 0.25) is 0 Å². The van der Waals surface area contributed by atoms with E-state index >= 15 is 0 Å². The molecule has 1 saturated heterocycles. The molecule has 2 aromatic carbocycles. The number of nitrogens with one attached hydrogen (secondary N) is 3. The molecule has 17 heteroatoms. The highest BCUT2D eigenvalue weighted by molar-refractivity contribution is 7.91. The van der Waals surface area contributed by atoms with Crippen LogP contribution in [0.25, 0.3) is 27.8 Å². The van der Waals surface area contributed by atoms with Crippen molar-refractivity contribution in [3.05, 3.63) is 66.7 Å². The van der Waals surface area contributed by atoms with Gasteiger partial charge in [-0.1, -0.05) is 37.1 Å². The van der Waals surface area contributed by atoms with Crippen LogP contribution in [0, 0.1) is 5.92 Å². The largest absolute Gasteiger partial charge is 0.497 e. The topological polar surface area (TPSA) is 200 Å². The van der Waals surface area contributed by atoms with E-state index in [9.17, 15) is 27.6 Å². The molecule has 3 aliphatic carbocycles. The van der Waals surface area contributed by atoms with Gasteiger partial charge in [0.05, 0.1) is 30.1 Å². The first kappa shape index (κ1) is 40.7. The molecular formula is C44H51N7O9S. The maximum Gasteiger partial charge on any atom is 0.408 e. The molecule has 0 radical (unpaired) electrons. The minimum atomic E-state index is -3.91. The van der Waals surface area contributed by atoms with Crippen molar-refractivity contribution in [1.82, 2.24) is 34.9 Å². The summed E-state index contributed by atoms with van der Waals surface area (Å²) in [4.78, 5) is 63.0. The molecular weight excluding hydrogens is 803 g/mol. The summed E-state index contributed by atoms with van der Waals surface area (Å²) in [6.07, 6.45) is 10.0. The second-order valence-electron chi connectivity index (χ2n) is 17.0. The summed E-state index contributed by atoms with van der Waals surface area (Å²) in [5.74, 6) is -1.32. The molecule has 16 nitrogen and oxygen atoms in total. The van der Waals surface area contributed by atoms with Crippen LogP contribution in [-0.2, 0) is 29.1 Å². The third-order valence-corrected chi connectivity index (χ3v) is 14.5. The van der Waals surface area contributed by atoms with Gasteiger partial charge < -0.3 is 29.7 Å². The third kappa shape index (κ3) is 8.48. The fraction of sp³-hybridized carbons (Fsp3) is 0.500. The van der Waals surface area contributed by atoms with Gasteiger partial charge in [0.25, 0.3) is 5.91 Å². The quantitative estimate of drug-likeness (QED) is 0.193. The van der Waals surface area contributed by atoms with E-state index in [1.807, 2.05) is 60.7 Å². The van der Waals surface area contributed by atoms with Gasteiger partial charge in [-0.2, -0.15) is 9.61 Å². The van der Waals surface area contributed by atoms with E-state index in [0.29, 0.717) is 60.6 Å². The van der Waals surface area contributed by atoms with E-state index in [4.69, 9.17) is 24.3 Å². The number of rotatable bonds is 9. The Bertz CT molecular complexity index is 2480. The zero-order valence-corrected chi connectivity index (χ0v) is 34.9. The van der Waals surface area contributed by atoms with Crippen LogP contribution in [0.3, 0.4) is 0 Å². The van der Waals surface area contributed by atoms with Crippen molar-refractivity contribution < 1.29 is 41.8 Å². The van der Waals surface area contributed by atoms with Crippen LogP contribution in [0.5, 0.6) is 11.6 Å². The lowest BCUT2D eigenvalue weighted by Crippen LogP contribution is -2.58. The summed E-state index contributed by atoms with van der Waals surface area (Å²) >= 11 is 0. The second kappa shape index (κ2) is 16.6. The molecule has 3 saturated carbocycles. The Morgan fingerprint density at radius 1 is 0.934 bits per heavy atom. The summed E-state index contributed by atoms with van der Waals surface area (Å²) in [6, 6.07) is 14.7. The summed E-state index contributed by atoms with van der Waals surface area (Å²) in [6.45, 7) is -0.0339. The predicted octanol–water partition coefficient (Wildman–Crippen LogP) is 4.95. The number of methoxy groups -OCH3 is 1. The highest BCUT2D eigenvalue weighted by atomic mass is 32.2. The smallest absolute Gasteiger partial charge is 0.408 e. The van der Waals surface area contributed by atoms with Crippen LogP contribution in [-0.4, -0.2) is 100 Å². The summed E-state index contributed by atoms with van der Waals surface area (Å²) in [5.41, 5.74) is 1.12. The Hall–Kier alpha value is -5.71. The van der Waals surface area contributed by atoms with Crippen LogP contribution < -0.4 is 24.8 Å². The van der Waals surface area contributed by atoms with Crippen molar-refractivity contribution in [3.63, 3.8) is 0 Å². The SMILES string of the molecule is COc1ccc(-c2cc(O[C@@H]3C[C@H]4C(=O)N[C@]5(C(=O)NS(=O)(=O)C6CC6)C[C@H]5/C=C\CCCCC[C@H](NC(=O)OC5CCCC5)C(=O)N4C3)n3nc4ccccc4c3n2)cc1. The number of nitrogens with zero attached hydrogens (tertiary/aromatic N) is 4. The van der Waals surface area contributed by atoms with Crippen molar-refractivity contribution >= 4 is 50.4 Å². The van der Waals surface area contributed by atoms with Crippen molar-refractivity contribution in [2.24, 2.45) is 5.92 Å². The lowest BCUT2D eigenvalue weighted by molar-refractivity contribution is -0.141. The van der Waals surface area contributed by atoms with E-state index in [0.717, 1.165) is 49.5 Å².